The third-order valence-corrected chi connectivity index (χ3v) is 10.8. The summed E-state index contributed by atoms with van der Waals surface area (Å²) in [6.07, 6.45) is 3.67. The molecule has 4 N–H and O–H groups in total. The summed E-state index contributed by atoms with van der Waals surface area (Å²) in [6.45, 7) is 12.0. The van der Waals surface area contributed by atoms with Crippen molar-refractivity contribution in [1.29, 1.82) is 0 Å². The molecule has 10 nitrogen and oxygen atoms in total. The van der Waals surface area contributed by atoms with Crippen molar-refractivity contribution in [1.82, 2.24) is 14.9 Å². The number of aliphatic hydroxyl groups is 1. The third-order valence-electron chi connectivity index (χ3n) is 8.79. The lowest BCUT2D eigenvalue weighted by atomic mass is 9.97. The maximum absolute atomic E-state index is 13.4. The van der Waals surface area contributed by atoms with Gasteiger partial charge in [0.25, 0.3) is 0 Å². The minimum absolute atomic E-state index is 0.0619. The number of aromatic hydroxyl groups is 1. The van der Waals surface area contributed by atoms with Crippen LogP contribution in [0.3, 0.4) is 0 Å². The summed E-state index contributed by atoms with van der Waals surface area (Å²) in [4.78, 5) is 30.3. The highest BCUT2D eigenvalue weighted by Gasteiger charge is 2.46. The monoisotopic (exact) mass is 720 g/mol. The Morgan fingerprint density at radius 3 is 2.56 bits per heavy atom. The van der Waals surface area contributed by atoms with E-state index in [0.717, 1.165) is 39.9 Å². The van der Waals surface area contributed by atoms with E-state index >= 15 is 0 Å². The first-order valence-corrected chi connectivity index (χ1v) is 19.4. The molecule has 5 rings (SSSR count). The van der Waals surface area contributed by atoms with Gasteiger partial charge in [0.05, 0.1) is 31.0 Å². The zero-order chi connectivity index (χ0) is 34.6. The minimum Gasteiger partial charge on any atom is -0.508 e. The van der Waals surface area contributed by atoms with Crippen LogP contribution in [-0.4, -0.2) is 90.1 Å². The van der Waals surface area contributed by atoms with Crippen LogP contribution in [0.2, 0.25) is 0 Å². The van der Waals surface area contributed by atoms with Gasteiger partial charge in [-0.1, -0.05) is 32.9 Å². The SMILES string of the molecule is C=Nc1ccc(SN(CC(C)C)CC(O)C(Cc2ccc(O)cc2)NC(=O)OC2C3COOCC2C(C)C3)cc1SCNC1CC1.CS. The Hall–Kier alpha value is -1.97. The van der Waals surface area contributed by atoms with Crippen molar-refractivity contribution >= 4 is 54.8 Å². The summed E-state index contributed by atoms with van der Waals surface area (Å²) in [5.74, 6) is 1.81. The number of amides is 1. The van der Waals surface area contributed by atoms with Gasteiger partial charge in [-0.15, -0.1) is 11.8 Å². The summed E-state index contributed by atoms with van der Waals surface area (Å²) in [5.41, 5.74) is 1.73. The van der Waals surface area contributed by atoms with Gasteiger partial charge < -0.3 is 25.6 Å². The Labute approximate surface area is 299 Å². The number of fused-ring (bicyclic) bond motifs is 2. The van der Waals surface area contributed by atoms with Crippen molar-refractivity contribution in [3.8, 4) is 5.75 Å². The van der Waals surface area contributed by atoms with Crippen LogP contribution in [0.15, 0.2) is 57.2 Å². The fourth-order valence-electron chi connectivity index (χ4n) is 6.17. The van der Waals surface area contributed by atoms with Gasteiger partial charge in [-0.25, -0.2) is 18.9 Å². The molecule has 3 fully saturated rings. The average Bonchev–Trinajstić information content (AvgIpc) is 3.86. The number of carbonyl (C=O) groups is 1. The molecule has 1 heterocycles. The number of phenolic OH excluding ortho intramolecular Hbond substituents is 1. The Bertz CT molecular complexity index is 1300. The Balaban J connectivity index is 0.00000255. The van der Waals surface area contributed by atoms with E-state index in [2.05, 4.69) is 66.1 Å². The highest BCUT2D eigenvalue weighted by Crippen LogP contribution is 2.41. The summed E-state index contributed by atoms with van der Waals surface area (Å²) in [6, 6.07) is 13.0. The molecule has 0 spiro atoms. The number of thioether (sulfide) groups is 1. The van der Waals surface area contributed by atoms with Gasteiger partial charge in [0.2, 0.25) is 0 Å². The second kappa shape index (κ2) is 19.4. The van der Waals surface area contributed by atoms with E-state index in [0.29, 0.717) is 44.1 Å². The largest absolute Gasteiger partial charge is 0.508 e. The molecule has 3 aliphatic rings. The van der Waals surface area contributed by atoms with Crippen LogP contribution in [0.4, 0.5) is 10.5 Å². The van der Waals surface area contributed by atoms with Crippen LogP contribution >= 0.6 is 36.3 Å². The maximum Gasteiger partial charge on any atom is 0.407 e. The van der Waals surface area contributed by atoms with E-state index in [1.807, 2.05) is 12.1 Å². The van der Waals surface area contributed by atoms with E-state index in [1.165, 1.54) is 12.8 Å². The number of carbonyl (C=O) groups excluding carboxylic acids is 1. The molecule has 13 heteroatoms. The van der Waals surface area contributed by atoms with E-state index in [4.69, 9.17) is 14.5 Å². The molecular weight excluding hydrogens is 669 g/mol. The fraction of sp³-hybridized carbons (Fsp3) is 0.600. The van der Waals surface area contributed by atoms with Crippen molar-refractivity contribution < 1.29 is 29.5 Å². The lowest BCUT2D eigenvalue weighted by Gasteiger charge is -2.31. The Morgan fingerprint density at radius 1 is 1.15 bits per heavy atom. The summed E-state index contributed by atoms with van der Waals surface area (Å²) in [5, 5.41) is 28.1. The molecule has 1 amide bonds. The topological polar surface area (TPSA) is 125 Å². The molecule has 1 aliphatic heterocycles. The molecule has 0 radical (unpaired) electrons. The number of nitrogens with one attached hydrogen (secondary N) is 2. The number of hydrogen-bond acceptors (Lipinski definition) is 12. The number of nitrogens with zero attached hydrogens (tertiary/aromatic N) is 2. The van der Waals surface area contributed by atoms with Crippen LogP contribution in [0, 0.1) is 23.7 Å². The van der Waals surface area contributed by atoms with Gasteiger partial charge >= 0.3 is 6.09 Å². The number of aliphatic hydroxyl groups excluding tert-OH is 1. The third kappa shape index (κ3) is 11.8. The first-order chi connectivity index (χ1) is 23.2. The van der Waals surface area contributed by atoms with Crippen LogP contribution < -0.4 is 10.6 Å². The number of alkyl carbamates (subject to hydrolysis) is 1. The molecular formula is C35H52N4O6S3. The van der Waals surface area contributed by atoms with Crippen LogP contribution in [0.1, 0.15) is 45.6 Å². The molecule has 0 aromatic heterocycles. The quantitative estimate of drug-likeness (QED) is 0.0335. The molecule has 2 aromatic carbocycles. The maximum atomic E-state index is 13.4. The second-order valence-corrected chi connectivity index (χ2v) is 15.3. The zero-order valence-electron chi connectivity index (χ0n) is 28.4. The van der Waals surface area contributed by atoms with Crippen molar-refractivity contribution in [2.75, 3.05) is 38.4 Å². The number of rotatable bonds is 16. The zero-order valence-corrected chi connectivity index (χ0v) is 30.9. The van der Waals surface area contributed by atoms with E-state index < -0.39 is 18.2 Å². The molecule has 6 unspecified atom stereocenters. The van der Waals surface area contributed by atoms with Gasteiger partial charge in [-0.2, -0.15) is 12.6 Å². The van der Waals surface area contributed by atoms with Crippen LogP contribution in [0.5, 0.6) is 5.75 Å². The summed E-state index contributed by atoms with van der Waals surface area (Å²) in [7, 11) is 0. The normalized spacial score (nSPS) is 23.2. The van der Waals surface area contributed by atoms with Gasteiger partial charge in [0.1, 0.15) is 11.9 Å². The first kappa shape index (κ1) is 38.8. The molecule has 2 saturated carbocycles. The van der Waals surface area contributed by atoms with Gasteiger partial charge in [0, 0.05) is 46.6 Å². The minimum atomic E-state index is -0.908. The molecule has 2 aromatic rings. The average molecular weight is 721 g/mol. The van der Waals surface area contributed by atoms with E-state index in [-0.39, 0.29) is 23.7 Å². The first-order valence-electron chi connectivity index (χ1n) is 16.7. The number of benzene rings is 2. The molecule has 2 bridgehead atoms. The molecule has 48 heavy (non-hydrogen) atoms. The van der Waals surface area contributed by atoms with Gasteiger partial charge in [-0.3, -0.25) is 4.99 Å². The predicted octanol–water partition coefficient (Wildman–Crippen LogP) is 6.34. The van der Waals surface area contributed by atoms with Crippen molar-refractivity contribution in [2.45, 2.75) is 80.5 Å². The number of aliphatic imine (C=N–C) groups is 1. The highest BCUT2D eigenvalue weighted by atomic mass is 32.2. The Kier molecular flexibility index (Phi) is 15.7. The second-order valence-electron chi connectivity index (χ2n) is 13.2. The summed E-state index contributed by atoms with van der Waals surface area (Å²) >= 11 is 6.84. The van der Waals surface area contributed by atoms with Gasteiger partial charge in [0.15, 0.2) is 0 Å². The fourth-order valence-corrected chi connectivity index (χ4v) is 8.41. The smallest absolute Gasteiger partial charge is 0.407 e. The van der Waals surface area contributed by atoms with E-state index in [1.54, 1.807) is 54.2 Å². The molecule has 2 aliphatic carbocycles. The van der Waals surface area contributed by atoms with Crippen molar-refractivity contribution in [3.05, 3.63) is 48.0 Å². The standard InChI is InChI=1S/C34H48N4O6S2.CH4S/c1-21(2)16-38(46-27-11-12-29(35-4)32(15-27)45-20-36-25-7-8-25)17-31(40)30(14-23-5-9-26(39)10-6-23)37-34(41)44-33-24-13-22(3)28(33)19-43-42-18-24;1-2/h5-6,9-12,15,21-22,24-25,28,30-31,33,36,39-40H,4,7-8,13-14,16-20H2,1-3H3,(H,37,41);2H,1H3. The van der Waals surface area contributed by atoms with Crippen molar-refractivity contribution in [3.63, 3.8) is 0 Å². The van der Waals surface area contributed by atoms with Gasteiger partial charge in [-0.05, 0) is 98.3 Å². The van der Waals surface area contributed by atoms with Crippen molar-refractivity contribution in [2.24, 2.45) is 28.7 Å². The number of phenols is 1. The van der Waals surface area contributed by atoms with E-state index in [9.17, 15) is 15.0 Å². The lowest BCUT2D eigenvalue weighted by molar-refractivity contribution is -0.302. The molecule has 6 atom stereocenters. The summed E-state index contributed by atoms with van der Waals surface area (Å²) < 4.78 is 8.17. The Morgan fingerprint density at radius 2 is 1.88 bits per heavy atom. The van der Waals surface area contributed by atoms with Crippen LogP contribution in [0.25, 0.3) is 0 Å². The number of thiol groups is 1. The number of hydrogen-bond donors (Lipinski definition) is 5. The lowest BCUT2D eigenvalue weighted by Crippen LogP contribution is -2.50. The molecule has 1 saturated heterocycles. The predicted molar refractivity (Wildman–Crippen MR) is 197 cm³/mol. The van der Waals surface area contributed by atoms with Crippen LogP contribution in [-0.2, 0) is 20.9 Å². The number of ether oxygens (including phenoxy) is 1. The molecule has 266 valence electrons. The highest BCUT2D eigenvalue weighted by molar-refractivity contribution is 7.99.